The van der Waals surface area contributed by atoms with Crippen LogP contribution in [0.2, 0.25) is 0 Å². The fraction of sp³-hybridized carbons (Fsp3) is 0.231. The molecule has 0 atom stereocenters. The lowest BCUT2D eigenvalue weighted by molar-refractivity contribution is -0.120. The number of carbonyl (C=O) groups excluding carboxylic acids is 2. The molecule has 172 valence electrons. The highest BCUT2D eigenvalue weighted by molar-refractivity contribution is 6.04. The van der Waals surface area contributed by atoms with Crippen molar-refractivity contribution in [1.82, 2.24) is 15.0 Å². The van der Waals surface area contributed by atoms with Gasteiger partial charge in [0.05, 0.1) is 22.8 Å². The number of nitrogens with zero attached hydrogens (tertiary/aromatic N) is 2. The number of aromatic amines is 1. The zero-order valence-corrected chi connectivity index (χ0v) is 18.5. The van der Waals surface area contributed by atoms with Gasteiger partial charge in [-0.1, -0.05) is 31.4 Å². The van der Waals surface area contributed by atoms with E-state index in [1.54, 1.807) is 18.3 Å². The SMILES string of the molecule is O=C(Nc1cc2nc(-c3ccc(NC(=O)C4CCCCC4)cc3)[nH]c2cn1)c1ccccc1F. The monoisotopic (exact) mass is 457 g/mol. The Hall–Kier alpha value is -4.07. The van der Waals surface area contributed by atoms with Crippen LogP contribution in [-0.2, 0) is 4.79 Å². The fourth-order valence-electron chi connectivity index (χ4n) is 4.26. The van der Waals surface area contributed by atoms with E-state index in [0.29, 0.717) is 16.9 Å². The van der Waals surface area contributed by atoms with Crippen molar-refractivity contribution in [2.75, 3.05) is 10.6 Å². The molecule has 1 saturated carbocycles. The Morgan fingerprint density at radius 2 is 1.74 bits per heavy atom. The standard InChI is InChI=1S/C26H24FN5O2/c27-20-9-5-4-8-19(20)26(34)32-23-14-21-22(15-28-23)31-24(30-21)16-10-12-18(13-11-16)29-25(33)17-6-2-1-3-7-17/h4-5,8-15,17H,1-3,6-7H2,(H,29,33)(H,30,31)(H,28,32,34). The van der Waals surface area contributed by atoms with Crippen molar-refractivity contribution in [2.24, 2.45) is 5.92 Å². The highest BCUT2D eigenvalue weighted by Crippen LogP contribution is 2.26. The number of pyridine rings is 1. The number of carbonyl (C=O) groups is 2. The second kappa shape index (κ2) is 9.43. The molecule has 1 aliphatic carbocycles. The number of aromatic nitrogens is 3. The van der Waals surface area contributed by atoms with Crippen LogP contribution in [0.5, 0.6) is 0 Å². The molecule has 0 aliphatic heterocycles. The Bertz CT molecular complexity index is 1340. The predicted octanol–water partition coefficient (Wildman–Crippen LogP) is 5.54. The second-order valence-electron chi connectivity index (χ2n) is 8.51. The van der Waals surface area contributed by atoms with E-state index < -0.39 is 11.7 Å². The lowest BCUT2D eigenvalue weighted by Crippen LogP contribution is -2.24. The maximum absolute atomic E-state index is 13.9. The Morgan fingerprint density at radius 1 is 0.971 bits per heavy atom. The zero-order chi connectivity index (χ0) is 23.5. The molecule has 34 heavy (non-hydrogen) atoms. The van der Waals surface area contributed by atoms with Gasteiger partial charge in [0.15, 0.2) is 0 Å². The number of nitrogens with one attached hydrogen (secondary N) is 3. The van der Waals surface area contributed by atoms with E-state index in [1.807, 2.05) is 24.3 Å². The van der Waals surface area contributed by atoms with Crippen LogP contribution in [0, 0.1) is 11.7 Å². The van der Waals surface area contributed by atoms with E-state index in [1.165, 1.54) is 24.6 Å². The number of halogens is 1. The normalized spacial score (nSPS) is 14.1. The molecular weight excluding hydrogens is 433 g/mol. The van der Waals surface area contributed by atoms with Crippen molar-refractivity contribution < 1.29 is 14.0 Å². The Kier molecular flexibility index (Phi) is 6.03. The topological polar surface area (TPSA) is 99.8 Å². The molecule has 8 heteroatoms. The summed E-state index contributed by atoms with van der Waals surface area (Å²) in [4.78, 5) is 36.9. The maximum Gasteiger partial charge on any atom is 0.259 e. The molecule has 2 amide bonds. The Morgan fingerprint density at radius 3 is 2.50 bits per heavy atom. The molecular formula is C26H24FN5O2. The second-order valence-corrected chi connectivity index (χ2v) is 8.51. The quantitative estimate of drug-likeness (QED) is 0.367. The summed E-state index contributed by atoms with van der Waals surface area (Å²) in [7, 11) is 0. The summed E-state index contributed by atoms with van der Waals surface area (Å²) >= 11 is 0. The number of fused-ring (bicyclic) bond motifs is 1. The number of anilines is 2. The highest BCUT2D eigenvalue weighted by atomic mass is 19.1. The van der Waals surface area contributed by atoms with Crippen LogP contribution in [0.25, 0.3) is 22.4 Å². The first-order valence-corrected chi connectivity index (χ1v) is 11.4. The molecule has 2 aromatic carbocycles. The molecule has 5 rings (SSSR count). The summed E-state index contributed by atoms with van der Waals surface area (Å²) in [5, 5.41) is 5.62. The van der Waals surface area contributed by atoms with Gasteiger partial charge in [-0.05, 0) is 49.2 Å². The number of H-pyrrole nitrogens is 1. The van der Waals surface area contributed by atoms with E-state index >= 15 is 0 Å². The van der Waals surface area contributed by atoms with Crippen LogP contribution in [0.4, 0.5) is 15.9 Å². The van der Waals surface area contributed by atoms with Crippen LogP contribution in [-0.4, -0.2) is 26.8 Å². The summed E-state index contributed by atoms with van der Waals surface area (Å²) in [6.45, 7) is 0. The zero-order valence-electron chi connectivity index (χ0n) is 18.5. The Labute approximate surface area is 195 Å². The largest absolute Gasteiger partial charge is 0.337 e. The first-order chi connectivity index (χ1) is 16.6. The van der Waals surface area contributed by atoms with Crippen LogP contribution in [0.15, 0.2) is 60.8 Å². The van der Waals surface area contributed by atoms with Gasteiger partial charge in [0.1, 0.15) is 17.5 Å². The number of hydrogen-bond donors (Lipinski definition) is 3. The Balaban J connectivity index is 1.29. The van der Waals surface area contributed by atoms with Gasteiger partial charge in [-0.2, -0.15) is 0 Å². The first-order valence-electron chi connectivity index (χ1n) is 11.4. The maximum atomic E-state index is 13.9. The molecule has 7 nitrogen and oxygen atoms in total. The van der Waals surface area contributed by atoms with Crippen LogP contribution in [0.3, 0.4) is 0 Å². The third-order valence-electron chi connectivity index (χ3n) is 6.13. The molecule has 0 saturated heterocycles. The molecule has 4 aromatic rings. The molecule has 0 unspecified atom stereocenters. The van der Waals surface area contributed by atoms with Gasteiger partial charge in [-0.15, -0.1) is 0 Å². The molecule has 3 N–H and O–H groups in total. The molecule has 1 fully saturated rings. The first kappa shape index (κ1) is 21.8. The van der Waals surface area contributed by atoms with Crippen molar-refractivity contribution in [2.45, 2.75) is 32.1 Å². The van der Waals surface area contributed by atoms with E-state index in [9.17, 15) is 14.0 Å². The fourth-order valence-corrected chi connectivity index (χ4v) is 4.26. The minimum atomic E-state index is -0.596. The minimum absolute atomic E-state index is 0.0530. The summed E-state index contributed by atoms with van der Waals surface area (Å²) in [5.74, 6) is -0.0659. The van der Waals surface area contributed by atoms with E-state index in [4.69, 9.17) is 0 Å². The van der Waals surface area contributed by atoms with Gasteiger partial charge in [-0.25, -0.2) is 14.4 Å². The van der Waals surface area contributed by atoms with Gasteiger partial charge < -0.3 is 15.6 Å². The highest BCUT2D eigenvalue weighted by Gasteiger charge is 2.21. The van der Waals surface area contributed by atoms with Crippen molar-refractivity contribution in [3.05, 3.63) is 72.2 Å². The molecule has 2 aromatic heterocycles. The molecule has 0 radical (unpaired) electrons. The molecule has 0 spiro atoms. The van der Waals surface area contributed by atoms with Crippen LogP contribution >= 0.6 is 0 Å². The third kappa shape index (κ3) is 4.66. The average molecular weight is 458 g/mol. The summed E-state index contributed by atoms with van der Waals surface area (Å²) in [5.41, 5.74) is 2.87. The molecule has 1 aliphatic rings. The van der Waals surface area contributed by atoms with Crippen LogP contribution < -0.4 is 10.6 Å². The minimum Gasteiger partial charge on any atom is -0.337 e. The lowest BCUT2D eigenvalue weighted by atomic mass is 9.88. The van der Waals surface area contributed by atoms with Crippen LogP contribution in [0.1, 0.15) is 42.5 Å². The van der Waals surface area contributed by atoms with E-state index in [2.05, 4.69) is 25.6 Å². The summed E-state index contributed by atoms with van der Waals surface area (Å²) in [6.07, 6.45) is 6.94. The van der Waals surface area contributed by atoms with E-state index in [-0.39, 0.29) is 23.2 Å². The summed E-state index contributed by atoms with van der Waals surface area (Å²) < 4.78 is 13.9. The number of hydrogen-bond acceptors (Lipinski definition) is 4. The van der Waals surface area contributed by atoms with Gasteiger partial charge in [0.25, 0.3) is 5.91 Å². The predicted molar refractivity (Wildman–Crippen MR) is 129 cm³/mol. The number of benzene rings is 2. The van der Waals surface area contributed by atoms with Crippen molar-refractivity contribution >= 4 is 34.4 Å². The van der Waals surface area contributed by atoms with E-state index in [0.717, 1.165) is 36.9 Å². The summed E-state index contributed by atoms with van der Waals surface area (Å²) in [6, 6.07) is 14.9. The smallest absolute Gasteiger partial charge is 0.259 e. The van der Waals surface area contributed by atoms with Crippen molar-refractivity contribution in [1.29, 1.82) is 0 Å². The molecule has 2 heterocycles. The van der Waals surface area contributed by atoms with Gasteiger partial charge in [0.2, 0.25) is 5.91 Å². The molecule has 0 bridgehead atoms. The average Bonchev–Trinajstić information content (AvgIpc) is 3.29. The third-order valence-corrected chi connectivity index (χ3v) is 6.13. The number of imidazole rings is 1. The number of rotatable bonds is 5. The van der Waals surface area contributed by atoms with Gasteiger partial charge >= 0.3 is 0 Å². The number of amides is 2. The lowest BCUT2D eigenvalue weighted by Gasteiger charge is -2.20. The van der Waals surface area contributed by atoms with Gasteiger partial charge in [-0.3, -0.25) is 9.59 Å². The van der Waals surface area contributed by atoms with Crippen molar-refractivity contribution in [3.8, 4) is 11.4 Å². The van der Waals surface area contributed by atoms with Crippen molar-refractivity contribution in [3.63, 3.8) is 0 Å². The van der Waals surface area contributed by atoms with Gasteiger partial charge in [0, 0.05) is 23.2 Å².